The minimum absolute atomic E-state index is 0.243. The molecule has 48 valence electrons. The van der Waals surface area contributed by atoms with Crippen molar-refractivity contribution in [2.75, 3.05) is 26.2 Å². The van der Waals surface area contributed by atoms with Gasteiger partial charge in [-0.15, -0.1) is 0 Å². The van der Waals surface area contributed by atoms with E-state index in [1.54, 1.807) is 0 Å². The van der Waals surface area contributed by atoms with Gasteiger partial charge in [0, 0.05) is 25.7 Å². The lowest BCUT2D eigenvalue weighted by Crippen LogP contribution is -2.49. The molecule has 0 spiro atoms. The lowest BCUT2D eigenvalue weighted by Gasteiger charge is -2.21. The number of piperazine rings is 1. The fraction of sp³-hybridized carbons (Fsp3) is 1.00. The van der Waals surface area contributed by atoms with Crippen LogP contribution < -0.4 is 10.6 Å². The zero-order valence-electron chi connectivity index (χ0n) is 4.85. The van der Waals surface area contributed by atoms with E-state index in [0.29, 0.717) is 0 Å². The van der Waals surface area contributed by atoms with Crippen molar-refractivity contribution in [3.63, 3.8) is 0 Å². The van der Waals surface area contributed by atoms with Crippen LogP contribution in [0.2, 0.25) is 0 Å². The van der Waals surface area contributed by atoms with Crippen LogP contribution in [0.25, 0.3) is 0 Å². The van der Waals surface area contributed by atoms with Crippen LogP contribution in [0.5, 0.6) is 0 Å². The molecule has 1 rings (SSSR count). The maximum absolute atomic E-state index is 8.59. The molecule has 0 saturated carbocycles. The summed E-state index contributed by atoms with van der Waals surface area (Å²) in [4.78, 5) is 0. The molecule has 1 aliphatic heterocycles. The summed E-state index contributed by atoms with van der Waals surface area (Å²) >= 11 is 0. The standard InChI is InChI=1S/C5H12N2O/c8-4-5-3-6-1-2-7-5/h5-8H,1-4H2/t5-/m0/s1. The highest BCUT2D eigenvalue weighted by Gasteiger charge is 2.08. The second-order valence-electron chi connectivity index (χ2n) is 2.04. The molecule has 0 aromatic rings. The second-order valence-corrected chi connectivity index (χ2v) is 2.04. The maximum Gasteiger partial charge on any atom is 0.0597 e. The summed E-state index contributed by atoms with van der Waals surface area (Å²) in [5.41, 5.74) is 0. The quantitative estimate of drug-likeness (QED) is 0.392. The van der Waals surface area contributed by atoms with Gasteiger partial charge in [0.25, 0.3) is 0 Å². The third-order valence-electron chi connectivity index (χ3n) is 1.35. The summed E-state index contributed by atoms with van der Waals surface area (Å²) in [5.74, 6) is 0. The molecule has 1 saturated heterocycles. The Morgan fingerprint density at radius 3 is 2.75 bits per heavy atom. The maximum atomic E-state index is 8.59. The van der Waals surface area contributed by atoms with Crippen LogP contribution in [0.3, 0.4) is 0 Å². The van der Waals surface area contributed by atoms with Gasteiger partial charge in [-0.2, -0.15) is 0 Å². The van der Waals surface area contributed by atoms with Gasteiger partial charge in [-0.1, -0.05) is 0 Å². The van der Waals surface area contributed by atoms with Gasteiger partial charge in [0.1, 0.15) is 0 Å². The van der Waals surface area contributed by atoms with E-state index in [1.807, 2.05) is 0 Å². The minimum Gasteiger partial charge on any atom is -0.395 e. The monoisotopic (exact) mass is 116 g/mol. The normalized spacial score (nSPS) is 30.4. The predicted octanol–water partition coefficient (Wildman–Crippen LogP) is -1.46. The van der Waals surface area contributed by atoms with Crippen LogP contribution >= 0.6 is 0 Å². The smallest absolute Gasteiger partial charge is 0.0597 e. The van der Waals surface area contributed by atoms with Crippen molar-refractivity contribution in [2.24, 2.45) is 0 Å². The average molecular weight is 116 g/mol. The van der Waals surface area contributed by atoms with Crippen molar-refractivity contribution >= 4 is 0 Å². The fourth-order valence-electron chi connectivity index (χ4n) is 0.842. The van der Waals surface area contributed by atoms with Gasteiger partial charge in [0.05, 0.1) is 6.61 Å². The molecule has 3 nitrogen and oxygen atoms in total. The summed E-state index contributed by atoms with van der Waals surface area (Å²) < 4.78 is 0. The number of aliphatic hydroxyl groups is 1. The van der Waals surface area contributed by atoms with Crippen LogP contribution in [0.1, 0.15) is 0 Å². The van der Waals surface area contributed by atoms with Crippen LogP contribution in [0.4, 0.5) is 0 Å². The van der Waals surface area contributed by atoms with Gasteiger partial charge in [-0.3, -0.25) is 0 Å². The van der Waals surface area contributed by atoms with E-state index in [9.17, 15) is 0 Å². The molecule has 3 heteroatoms. The average Bonchev–Trinajstić information content (AvgIpc) is 1.90. The topological polar surface area (TPSA) is 44.3 Å². The van der Waals surface area contributed by atoms with E-state index < -0.39 is 0 Å². The highest BCUT2D eigenvalue weighted by molar-refractivity contribution is 4.73. The Kier molecular flexibility index (Phi) is 2.27. The van der Waals surface area contributed by atoms with Crippen molar-refractivity contribution in [3.05, 3.63) is 0 Å². The molecule has 1 aliphatic rings. The Bertz CT molecular complexity index is 61.4. The molecule has 0 bridgehead atoms. The van der Waals surface area contributed by atoms with E-state index in [2.05, 4.69) is 10.6 Å². The summed E-state index contributed by atoms with van der Waals surface area (Å²) in [6, 6.07) is 0.281. The van der Waals surface area contributed by atoms with E-state index in [1.165, 1.54) is 0 Å². The third kappa shape index (κ3) is 1.43. The molecule has 0 aromatic heterocycles. The van der Waals surface area contributed by atoms with E-state index >= 15 is 0 Å². The first-order valence-electron chi connectivity index (χ1n) is 2.98. The molecule has 0 unspecified atom stereocenters. The van der Waals surface area contributed by atoms with Crippen LogP contribution in [-0.4, -0.2) is 37.4 Å². The van der Waals surface area contributed by atoms with E-state index in [-0.39, 0.29) is 12.6 Å². The first-order chi connectivity index (χ1) is 3.93. The van der Waals surface area contributed by atoms with E-state index in [4.69, 9.17) is 5.11 Å². The molecule has 0 amide bonds. The number of nitrogens with one attached hydrogen (secondary N) is 2. The van der Waals surface area contributed by atoms with Gasteiger partial charge < -0.3 is 15.7 Å². The molecule has 3 N–H and O–H groups in total. The number of aliphatic hydroxyl groups excluding tert-OH is 1. The molecule has 0 radical (unpaired) electrons. The lowest BCUT2D eigenvalue weighted by atomic mass is 10.2. The fourth-order valence-corrected chi connectivity index (χ4v) is 0.842. The van der Waals surface area contributed by atoms with Gasteiger partial charge in [0.2, 0.25) is 0 Å². The Balaban J connectivity index is 2.13. The van der Waals surface area contributed by atoms with Gasteiger partial charge >= 0.3 is 0 Å². The predicted molar refractivity (Wildman–Crippen MR) is 31.7 cm³/mol. The zero-order chi connectivity index (χ0) is 5.82. The van der Waals surface area contributed by atoms with Crippen molar-refractivity contribution in [1.29, 1.82) is 0 Å². The minimum atomic E-state index is 0.243. The third-order valence-corrected chi connectivity index (χ3v) is 1.35. The first-order valence-corrected chi connectivity index (χ1v) is 2.98. The molecule has 0 aliphatic carbocycles. The molecule has 1 atom stereocenters. The lowest BCUT2D eigenvalue weighted by molar-refractivity contribution is 0.227. The highest BCUT2D eigenvalue weighted by Crippen LogP contribution is 1.82. The molecule has 8 heavy (non-hydrogen) atoms. The van der Waals surface area contributed by atoms with Crippen molar-refractivity contribution in [2.45, 2.75) is 6.04 Å². The Hall–Kier alpha value is -0.120. The molecular formula is C5H12N2O. The van der Waals surface area contributed by atoms with Gasteiger partial charge in [-0.05, 0) is 0 Å². The molecule has 0 aromatic carbocycles. The summed E-state index contributed by atoms with van der Waals surface area (Å²) in [5, 5.41) is 14.9. The number of hydrogen-bond acceptors (Lipinski definition) is 3. The van der Waals surface area contributed by atoms with E-state index in [0.717, 1.165) is 19.6 Å². The van der Waals surface area contributed by atoms with Crippen LogP contribution in [0.15, 0.2) is 0 Å². The summed E-state index contributed by atoms with van der Waals surface area (Å²) in [6.07, 6.45) is 0. The SMILES string of the molecule is OC[C@@H]1CNCCN1. The summed E-state index contributed by atoms with van der Waals surface area (Å²) in [7, 11) is 0. The van der Waals surface area contributed by atoms with Crippen LogP contribution in [-0.2, 0) is 0 Å². The zero-order valence-corrected chi connectivity index (χ0v) is 4.85. The van der Waals surface area contributed by atoms with Crippen LogP contribution in [0, 0.1) is 0 Å². The van der Waals surface area contributed by atoms with Crippen molar-refractivity contribution in [3.8, 4) is 0 Å². The van der Waals surface area contributed by atoms with Gasteiger partial charge in [-0.25, -0.2) is 0 Å². The Morgan fingerprint density at radius 2 is 2.38 bits per heavy atom. The Morgan fingerprint density at radius 1 is 1.50 bits per heavy atom. The second kappa shape index (κ2) is 3.02. The van der Waals surface area contributed by atoms with Crippen molar-refractivity contribution in [1.82, 2.24) is 10.6 Å². The highest BCUT2D eigenvalue weighted by atomic mass is 16.3. The first kappa shape index (κ1) is 6.01. The summed E-state index contributed by atoms with van der Waals surface area (Å²) in [6.45, 7) is 3.14. The molecular weight excluding hydrogens is 104 g/mol. The Labute approximate surface area is 49.1 Å². The van der Waals surface area contributed by atoms with Crippen molar-refractivity contribution < 1.29 is 5.11 Å². The molecule has 1 fully saturated rings. The van der Waals surface area contributed by atoms with Gasteiger partial charge in [0.15, 0.2) is 0 Å². The molecule has 1 heterocycles. The number of rotatable bonds is 1. The largest absolute Gasteiger partial charge is 0.395 e. The number of hydrogen-bond donors (Lipinski definition) is 3.